The molecule has 1 amide bonds. The number of nitrogens with zero attached hydrogens (tertiary/aromatic N) is 1. The summed E-state index contributed by atoms with van der Waals surface area (Å²) in [6.07, 6.45) is 2.43. The molecule has 0 aliphatic carbocycles. The number of amides is 1. The summed E-state index contributed by atoms with van der Waals surface area (Å²) in [6, 6.07) is 9.99. The Kier molecular flexibility index (Phi) is 5.56. The van der Waals surface area contributed by atoms with Gasteiger partial charge in [0, 0.05) is 31.6 Å². The number of hydrogen-bond donors (Lipinski definition) is 2. The average Bonchev–Trinajstić information content (AvgIpc) is 2.99. The molecule has 4 heteroatoms. The lowest BCUT2D eigenvalue weighted by Crippen LogP contribution is -2.43. The van der Waals surface area contributed by atoms with Crippen LogP contribution in [0.25, 0.3) is 0 Å². The van der Waals surface area contributed by atoms with Crippen LogP contribution < -0.4 is 11.1 Å². The summed E-state index contributed by atoms with van der Waals surface area (Å²) in [5, 5.41) is 3.33. The molecule has 1 aliphatic rings. The zero-order valence-corrected chi connectivity index (χ0v) is 12.2. The molecule has 0 aromatic heterocycles. The Hall–Kier alpha value is -1.39. The largest absolute Gasteiger partial charge is 0.338 e. The van der Waals surface area contributed by atoms with Crippen molar-refractivity contribution in [3.63, 3.8) is 0 Å². The van der Waals surface area contributed by atoms with Crippen LogP contribution in [0.1, 0.15) is 37.8 Å². The van der Waals surface area contributed by atoms with Crippen LogP contribution in [0.5, 0.6) is 0 Å². The molecule has 1 saturated heterocycles. The lowest BCUT2D eigenvalue weighted by molar-refractivity contribution is -0.133. The Morgan fingerprint density at radius 1 is 1.45 bits per heavy atom. The highest BCUT2D eigenvalue weighted by Crippen LogP contribution is 2.17. The predicted octanol–water partition coefficient (Wildman–Crippen LogP) is 1.68. The first-order valence-electron chi connectivity index (χ1n) is 7.53. The van der Waals surface area contributed by atoms with E-state index in [1.165, 1.54) is 0 Å². The van der Waals surface area contributed by atoms with Crippen LogP contribution in [0.4, 0.5) is 0 Å². The summed E-state index contributed by atoms with van der Waals surface area (Å²) in [5.41, 5.74) is 7.19. The Balaban J connectivity index is 1.97. The van der Waals surface area contributed by atoms with E-state index in [-0.39, 0.29) is 11.9 Å². The highest BCUT2D eigenvalue weighted by molar-refractivity contribution is 5.77. The van der Waals surface area contributed by atoms with E-state index < -0.39 is 0 Å². The first kappa shape index (κ1) is 15.0. The Morgan fingerprint density at radius 3 is 2.80 bits per heavy atom. The number of carbonyl (C=O) groups excluding carboxylic acids is 1. The van der Waals surface area contributed by atoms with Gasteiger partial charge >= 0.3 is 0 Å². The second kappa shape index (κ2) is 7.41. The molecule has 1 aromatic rings. The molecule has 2 atom stereocenters. The van der Waals surface area contributed by atoms with Crippen molar-refractivity contribution >= 4 is 5.91 Å². The number of nitrogens with two attached hydrogens (primary N) is 1. The molecule has 0 saturated carbocycles. The number of rotatable bonds is 6. The van der Waals surface area contributed by atoms with E-state index in [9.17, 15) is 4.79 Å². The van der Waals surface area contributed by atoms with Gasteiger partial charge in [0.1, 0.15) is 0 Å². The molecular weight excluding hydrogens is 250 g/mol. The van der Waals surface area contributed by atoms with Crippen LogP contribution in [0.2, 0.25) is 0 Å². The van der Waals surface area contributed by atoms with Gasteiger partial charge in [-0.1, -0.05) is 37.3 Å². The quantitative estimate of drug-likeness (QED) is 0.830. The van der Waals surface area contributed by atoms with Crippen LogP contribution in [-0.4, -0.2) is 36.5 Å². The van der Waals surface area contributed by atoms with Gasteiger partial charge < -0.3 is 16.0 Å². The van der Waals surface area contributed by atoms with E-state index in [4.69, 9.17) is 5.73 Å². The van der Waals surface area contributed by atoms with Crippen molar-refractivity contribution in [2.75, 3.05) is 19.6 Å². The third-order valence-electron chi connectivity index (χ3n) is 3.88. The Bertz CT molecular complexity index is 415. The summed E-state index contributed by atoms with van der Waals surface area (Å²) in [4.78, 5) is 14.5. The van der Waals surface area contributed by atoms with E-state index >= 15 is 0 Å². The number of benzene rings is 1. The van der Waals surface area contributed by atoms with Gasteiger partial charge in [-0.2, -0.15) is 0 Å². The molecule has 110 valence electrons. The molecule has 3 N–H and O–H groups in total. The topological polar surface area (TPSA) is 58.4 Å². The van der Waals surface area contributed by atoms with Gasteiger partial charge in [0.15, 0.2) is 0 Å². The summed E-state index contributed by atoms with van der Waals surface area (Å²) < 4.78 is 0. The van der Waals surface area contributed by atoms with Gasteiger partial charge in [-0.15, -0.1) is 0 Å². The normalized spacial score (nSPS) is 19.8. The predicted molar refractivity (Wildman–Crippen MR) is 81.3 cm³/mol. The summed E-state index contributed by atoms with van der Waals surface area (Å²) in [6.45, 7) is 4.85. The van der Waals surface area contributed by atoms with Crippen molar-refractivity contribution in [3.05, 3.63) is 35.9 Å². The summed E-state index contributed by atoms with van der Waals surface area (Å²) >= 11 is 0. The fraction of sp³-hybridized carbons (Fsp3) is 0.562. The molecule has 1 aliphatic heterocycles. The van der Waals surface area contributed by atoms with E-state index in [0.717, 1.165) is 38.0 Å². The minimum atomic E-state index is -0.211. The second-order valence-electron chi connectivity index (χ2n) is 5.46. The smallest absolute Gasteiger partial charge is 0.224 e. The lowest BCUT2D eigenvalue weighted by atomic mass is 10.0. The summed E-state index contributed by atoms with van der Waals surface area (Å²) in [5.74, 6) is 0.178. The third kappa shape index (κ3) is 3.81. The molecule has 20 heavy (non-hydrogen) atoms. The fourth-order valence-corrected chi connectivity index (χ4v) is 2.78. The van der Waals surface area contributed by atoms with Crippen molar-refractivity contribution in [1.29, 1.82) is 0 Å². The maximum Gasteiger partial charge on any atom is 0.224 e. The lowest BCUT2D eigenvalue weighted by Gasteiger charge is -2.29. The van der Waals surface area contributed by atoms with Crippen LogP contribution in [0.3, 0.4) is 0 Å². The molecule has 1 heterocycles. The zero-order chi connectivity index (χ0) is 14.4. The van der Waals surface area contributed by atoms with E-state index in [1.807, 2.05) is 35.2 Å². The Morgan fingerprint density at radius 2 is 2.20 bits per heavy atom. The van der Waals surface area contributed by atoms with E-state index in [2.05, 4.69) is 12.2 Å². The second-order valence-corrected chi connectivity index (χ2v) is 5.46. The maximum absolute atomic E-state index is 12.5. The molecule has 0 radical (unpaired) electrons. The van der Waals surface area contributed by atoms with Crippen LogP contribution in [-0.2, 0) is 4.79 Å². The monoisotopic (exact) mass is 275 g/mol. The van der Waals surface area contributed by atoms with Crippen molar-refractivity contribution in [1.82, 2.24) is 10.2 Å². The zero-order valence-electron chi connectivity index (χ0n) is 12.2. The molecule has 1 fully saturated rings. The first-order chi connectivity index (χ1) is 9.72. The highest BCUT2D eigenvalue weighted by Gasteiger charge is 2.26. The highest BCUT2D eigenvalue weighted by atomic mass is 16.2. The molecular formula is C16H25N3O. The molecule has 2 unspecified atom stereocenters. The minimum absolute atomic E-state index is 0.178. The average molecular weight is 275 g/mol. The Labute approximate surface area is 121 Å². The maximum atomic E-state index is 12.5. The van der Waals surface area contributed by atoms with Crippen molar-refractivity contribution < 1.29 is 4.79 Å². The third-order valence-corrected chi connectivity index (χ3v) is 3.88. The van der Waals surface area contributed by atoms with Gasteiger partial charge in [-0.05, 0) is 24.9 Å². The molecule has 2 rings (SSSR count). The standard InChI is InChI=1S/C16H25N3O/c1-2-10-19(14-8-9-18-12-14)16(20)11-15(17)13-6-4-3-5-7-13/h3-7,14-15,18H,2,8-12,17H2,1H3. The van der Waals surface area contributed by atoms with Gasteiger partial charge in [-0.3, -0.25) is 4.79 Å². The molecule has 0 spiro atoms. The molecule has 4 nitrogen and oxygen atoms in total. The van der Waals surface area contributed by atoms with Gasteiger partial charge in [0.2, 0.25) is 5.91 Å². The fourth-order valence-electron chi connectivity index (χ4n) is 2.78. The van der Waals surface area contributed by atoms with E-state index in [0.29, 0.717) is 12.5 Å². The van der Waals surface area contributed by atoms with Crippen LogP contribution >= 0.6 is 0 Å². The van der Waals surface area contributed by atoms with Crippen molar-refractivity contribution in [3.8, 4) is 0 Å². The first-order valence-corrected chi connectivity index (χ1v) is 7.53. The van der Waals surface area contributed by atoms with Gasteiger partial charge in [-0.25, -0.2) is 0 Å². The van der Waals surface area contributed by atoms with Crippen molar-refractivity contribution in [2.45, 2.75) is 38.3 Å². The van der Waals surface area contributed by atoms with E-state index in [1.54, 1.807) is 0 Å². The van der Waals surface area contributed by atoms with Gasteiger partial charge in [0.25, 0.3) is 0 Å². The number of hydrogen-bond acceptors (Lipinski definition) is 3. The van der Waals surface area contributed by atoms with Crippen molar-refractivity contribution in [2.24, 2.45) is 5.73 Å². The molecule has 0 bridgehead atoms. The number of carbonyl (C=O) groups is 1. The summed E-state index contributed by atoms with van der Waals surface area (Å²) in [7, 11) is 0. The SMILES string of the molecule is CCCN(C(=O)CC(N)c1ccccc1)C1CCNC1. The minimum Gasteiger partial charge on any atom is -0.338 e. The van der Waals surface area contributed by atoms with Crippen LogP contribution in [0.15, 0.2) is 30.3 Å². The number of nitrogens with one attached hydrogen (secondary N) is 1. The van der Waals surface area contributed by atoms with Crippen LogP contribution in [0, 0.1) is 0 Å². The van der Waals surface area contributed by atoms with Gasteiger partial charge in [0.05, 0.1) is 0 Å². The molecule has 1 aromatic carbocycles.